The Bertz CT molecular complexity index is 321. The molecule has 0 saturated carbocycles. The Kier molecular flexibility index (Phi) is 3.93. The number of imidazole rings is 1. The van der Waals surface area contributed by atoms with Gasteiger partial charge in [0.15, 0.2) is 0 Å². The van der Waals surface area contributed by atoms with E-state index in [4.69, 9.17) is 15.2 Å². The van der Waals surface area contributed by atoms with E-state index >= 15 is 0 Å². The van der Waals surface area contributed by atoms with Crippen LogP contribution in [0.25, 0.3) is 0 Å². The SMILES string of the molecule is CC[C@@H](N)c1cncn1CC1COCCO1. The van der Waals surface area contributed by atoms with Crippen LogP contribution in [0.15, 0.2) is 12.5 Å². The van der Waals surface area contributed by atoms with E-state index in [2.05, 4.69) is 16.5 Å². The zero-order valence-electron chi connectivity index (χ0n) is 9.63. The van der Waals surface area contributed by atoms with Crippen LogP contribution in [0, 0.1) is 0 Å². The maximum Gasteiger partial charge on any atom is 0.0988 e. The van der Waals surface area contributed by atoms with Gasteiger partial charge < -0.3 is 19.8 Å². The van der Waals surface area contributed by atoms with Gasteiger partial charge in [-0.15, -0.1) is 0 Å². The summed E-state index contributed by atoms with van der Waals surface area (Å²) >= 11 is 0. The summed E-state index contributed by atoms with van der Waals surface area (Å²) in [4.78, 5) is 4.14. The Balaban J connectivity index is 2.00. The van der Waals surface area contributed by atoms with E-state index in [0.29, 0.717) is 19.8 Å². The number of nitrogens with zero attached hydrogens (tertiary/aromatic N) is 2. The minimum Gasteiger partial charge on any atom is -0.376 e. The molecule has 2 rings (SSSR count). The van der Waals surface area contributed by atoms with Crippen LogP contribution in [0.5, 0.6) is 0 Å². The molecule has 0 spiro atoms. The van der Waals surface area contributed by atoms with Gasteiger partial charge in [-0.25, -0.2) is 4.98 Å². The molecular formula is C11H19N3O2. The van der Waals surface area contributed by atoms with Gasteiger partial charge in [0, 0.05) is 12.2 Å². The normalized spacial score (nSPS) is 23.2. The lowest BCUT2D eigenvalue weighted by Gasteiger charge is -2.24. The van der Waals surface area contributed by atoms with E-state index in [-0.39, 0.29) is 12.1 Å². The predicted molar refractivity (Wildman–Crippen MR) is 60.0 cm³/mol. The molecule has 0 radical (unpaired) electrons. The maximum atomic E-state index is 6.01. The van der Waals surface area contributed by atoms with Crippen molar-refractivity contribution < 1.29 is 9.47 Å². The molecule has 90 valence electrons. The van der Waals surface area contributed by atoms with Crippen molar-refractivity contribution in [1.82, 2.24) is 9.55 Å². The lowest BCUT2D eigenvalue weighted by atomic mass is 10.2. The molecular weight excluding hydrogens is 206 g/mol. The number of ether oxygens (including phenoxy) is 2. The van der Waals surface area contributed by atoms with Gasteiger partial charge in [-0.1, -0.05) is 6.92 Å². The molecule has 0 bridgehead atoms. The summed E-state index contributed by atoms with van der Waals surface area (Å²) in [6, 6.07) is 0.0482. The highest BCUT2D eigenvalue weighted by Gasteiger charge is 2.17. The van der Waals surface area contributed by atoms with Crippen molar-refractivity contribution in [3.63, 3.8) is 0 Å². The van der Waals surface area contributed by atoms with Crippen LogP contribution in [0.1, 0.15) is 25.1 Å². The zero-order chi connectivity index (χ0) is 11.4. The highest BCUT2D eigenvalue weighted by molar-refractivity contribution is 5.04. The van der Waals surface area contributed by atoms with Gasteiger partial charge in [0.1, 0.15) is 0 Å². The van der Waals surface area contributed by atoms with Crippen LogP contribution in [0.4, 0.5) is 0 Å². The summed E-state index contributed by atoms with van der Waals surface area (Å²) in [6.45, 7) is 4.86. The van der Waals surface area contributed by atoms with Crippen LogP contribution in [-0.4, -0.2) is 35.5 Å². The van der Waals surface area contributed by atoms with Crippen LogP contribution < -0.4 is 5.73 Å². The fraction of sp³-hybridized carbons (Fsp3) is 0.727. The maximum absolute atomic E-state index is 6.01. The van der Waals surface area contributed by atoms with Crippen molar-refractivity contribution in [1.29, 1.82) is 0 Å². The lowest BCUT2D eigenvalue weighted by Crippen LogP contribution is -2.33. The summed E-state index contributed by atoms with van der Waals surface area (Å²) in [6.07, 6.45) is 4.67. The molecule has 1 fully saturated rings. The van der Waals surface area contributed by atoms with Gasteiger partial charge in [-0.05, 0) is 6.42 Å². The van der Waals surface area contributed by atoms with Crippen molar-refractivity contribution in [3.8, 4) is 0 Å². The zero-order valence-corrected chi connectivity index (χ0v) is 9.63. The second-order valence-corrected chi connectivity index (χ2v) is 4.05. The van der Waals surface area contributed by atoms with Crippen LogP contribution in [0.2, 0.25) is 0 Å². The molecule has 0 aromatic carbocycles. The number of hydrogen-bond acceptors (Lipinski definition) is 4. The Morgan fingerprint density at radius 1 is 1.62 bits per heavy atom. The number of rotatable bonds is 4. The first kappa shape index (κ1) is 11.6. The first-order chi connectivity index (χ1) is 7.81. The van der Waals surface area contributed by atoms with E-state index in [1.165, 1.54) is 0 Å². The molecule has 1 saturated heterocycles. The molecule has 5 nitrogen and oxygen atoms in total. The topological polar surface area (TPSA) is 62.3 Å². The standard InChI is InChI=1S/C11H19N3O2/c1-2-10(12)11-5-13-8-14(11)6-9-7-15-3-4-16-9/h5,8-10H,2-4,6-7,12H2,1H3/t9?,10-/m1/s1. The van der Waals surface area contributed by atoms with Gasteiger partial charge in [0.25, 0.3) is 0 Å². The summed E-state index contributed by atoms with van der Waals surface area (Å²) in [5, 5.41) is 0. The Morgan fingerprint density at radius 3 is 3.19 bits per heavy atom. The highest BCUT2D eigenvalue weighted by Crippen LogP contribution is 2.14. The van der Waals surface area contributed by atoms with Gasteiger partial charge in [0.2, 0.25) is 0 Å². The van der Waals surface area contributed by atoms with Crippen molar-refractivity contribution in [2.75, 3.05) is 19.8 Å². The monoisotopic (exact) mass is 225 g/mol. The largest absolute Gasteiger partial charge is 0.376 e. The molecule has 2 heterocycles. The van der Waals surface area contributed by atoms with E-state index in [1.54, 1.807) is 0 Å². The van der Waals surface area contributed by atoms with Crippen LogP contribution in [0.3, 0.4) is 0 Å². The number of nitrogens with two attached hydrogens (primary N) is 1. The lowest BCUT2D eigenvalue weighted by molar-refractivity contribution is -0.0938. The minimum atomic E-state index is 0.0482. The molecule has 1 aromatic heterocycles. The van der Waals surface area contributed by atoms with Gasteiger partial charge in [-0.2, -0.15) is 0 Å². The number of aromatic nitrogens is 2. The fourth-order valence-electron chi connectivity index (χ4n) is 1.86. The number of hydrogen-bond donors (Lipinski definition) is 1. The van der Waals surface area contributed by atoms with E-state index in [9.17, 15) is 0 Å². The second kappa shape index (κ2) is 5.43. The molecule has 2 N–H and O–H groups in total. The molecule has 1 aromatic rings. The highest BCUT2D eigenvalue weighted by atomic mass is 16.6. The molecule has 5 heteroatoms. The second-order valence-electron chi connectivity index (χ2n) is 4.05. The first-order valence-corrected chi connectivity index (χ1v) is 5.76. The minimum absolute atomic E-state index is 0.0482. The van der Waals surface area contributed by atoms with Crippen molar-refractivity contribution in [3.05, 3.63) is 18.2 Å². The summed E-state index contributed by atoms with van der Waals surface area (Å²) in [5.41, 5.74) is 7.08. The fourth-order valence-corrected chi connectivity index (χ4v) is 1.86. The van der Waals surface area contributed by atoms with E-state index in [1.807, 2.05) is 12.5 Å². The smallest absolute Gasteiger partial charge is 0.0988 e. The van der Waals surface area contributed by atoms with Gasteiger partial charge in [-0.3, -0.25) is 0 Å². The average Bonchev–Trinajstić information content (AvgIpc) is 2.77. The van der Waals surface area contributed by atoms with E-state index < -0.39 is 0 Å². The third kappa shape index (κ3) is 2.61. The first-order valence-electron chi connectivity index (χ1n) is 5.76. The van der Waals surface area contributed by atoms with Crippen LogP contribution in [-0.2, 0) is 16.0 Å². The third-order valence-corrected chi connectivity index (χ3v) is 2.85. The van der Waals surface area contributed by atoms with Gasteiger partial charge >= 0.3 is 0 Å². The van der Waals surface area contributed by atoms with Crippen LogP contribution >= 0.6 is 0 Å². The average molecular weight is 225 g/mol. The summed E-state index contributed by atoms with van der Waals surface area (Å²) in [7, 11) is 0. The molecule has 0 aliphatic carbocycles. The predicted octanol–water partition coefficient (Wildman–Crippen LogP) is 0.708. The third-order valence-electron chi connectivity index (χ3n) is 2.85. The summed E-state index contributed by atoms with van der Waals surface area (Å²) in [5.74, 6) is 0. The molecule has 1 aliphatic heterocycles. The Labute approximate surface area is 95.6 Å². The Hall–Kier alpha value is -0.910. The molecule has 1 unspecified atom stereocenters. The molecule has 16 heavy (non-hydrogen) atoms. The Morgan fingerprint density at radius 2 is 2.50 bits per heavy atom. The quantitative estimate of drug-likeness (QED) is 0.819. The van der Waals surface area contributed by atoms with Crippen molar-refractivity contribution in [2.45, 2.75) is 32.0 Å². The van der Waals surface area contributed by atoms with E-state index in [0.717, 1.165) is 18.7 Å². The molecule has 0 amide bonds. The molecule has 1 aliphatic rings. The van der Waals surface area contributed by atoms with Crippen molar-refractivity contribution >= 4 is 0 Å². The summed E-state index contributed by atoms with van der Waals surface area (Å²) < 4.78 is 13.0. The molecule has 2 atom stereocenters. The van der Waals surface area contributed by atoms with Gasteiger partial charge in [0.05, 0.1) is 44.5 Å². The van der Waals surface area contributed by atoms with Crippen molar-refractivity contribution in [2.24, 2.45) is 5.73 Å².